The summed E-state index contributed by atoms with van der Waals surface area (Å²) in [5.41, 5.74) is 0. The molecule has 1 atom stereocenters. The molecule has 0 aliphatic carbocycles. The lowest BCUT2D eigenvalue weighted by Gasteiger charge is -2.18. The molecule has 0 saturated carbocycles. The number of unbranched alkanes of at least 4 members (excludes halogenated alkanes) is 34. The van der Waals surface area contributed by atoms with E-state index in [1.165, 1.54) is 180 Å². The second-order valence-electron chi connectivity index (χ2n) is 16.7. The first-order valence-electron chi connectivity index (χ1n) is 24.5. The van der Waals surface area contributed by atoms with E-state index in [0.717, 1.165) is 57.8 Å². The third-order valence-corrected chi connectivity index (χ3v) is 11.1. The van der Waals surface area contributed by atoms with Crippen LogP contribution < -0.4 is 0 Å². The summed E-state index contributed by atoms with van der Waals surface area (Å²) in [5.74, 6) is -0.853. The lowest BCUT2D eigenvalue weighted by atomic mass is 10.0. The maximum atomic E-state index is 12.7. The van der Waals surface area contributed by atoms with Crippen LogP contribution in [0.15, 0.2) is 0 Å². The summed E-state index contributed by atoms with van der Waals surface area (Å²) < 4.78 is 16.7. The minimum Gasteiger partial charge on any atom is -0.462 e. The number of esters is 3. The Morgan fingerprint density at radius 3 is 0.727 bits per heavy atom. The quantitative estimate of drug-likeness (QED) is 0.0348. The largest absolute Gasteiger partial charge is 0.462 e. The molecule has 0 fully saturated rings. The third-order valence-electron chi connectivity index (χ3n) is 11.1. The Kier molecular flexibility index (Phi) is 43.8. The average molecular weight is 779 g/mol. The van der Waals surface area contributed by atoms with E-state index in [9.17, 15) is 14.4 Å². The van der Waals surface area contributed by atoms with Crippen molar-refractivity contribution in [3.63, 3.8) is 0 Å². The Labute approximate surface area is 342 Å². The van der Waals surface area contributed by atoms with Crippen molar-refractivity contribution in [2.45, 2.75) is 284 Å². The lowest BCUT2D eigenvalue weighted by molar-refractivity contribution is -0.167. The van der Waals surface area contributed by atoms with E-state index in [1.54, 1.807) is 0 Å². The number of hydrogen-bond donors (Lipinski definition) is 0. The Hall–Kier alpha value is -1.59. The molecule has 0 unspecified atom stereocenters. The van der Waals surface area contributed by atoms with Crippen LogP contribution in [-0.4, -0.2) is 37.2 Å². The van der Waals surface area contributed by atoms with Gasteiger partial charge in [-0.2, -0.15) is 0 Å². The summed E-state index contributed by atoms with van der Waals surface area (Å²) >= 11 is 0. The van der Waals surface area contributed by atoms with E-state index in [0.29, 0.717) is 19.3 Å². The summed E-state index contributed by atoms with van der Waals surface area (Å²) in [5, 5.41) is 0. The average Bonchev–Trinajstić information content (AvgIpc) is 3.18. The van der Waals surface area contributed by atoms with Crippen LogP contribution in [0.25, 0.3) is 0 Å². The smallest absolute Gasteiger partial charge is 0.306 e. The number of hydrogen-bond acceptors (Lipinski definition) is 6. The van der Waals surface area contributed by atoms with Crippen molar-refractivity contribution in [2.24, 2.45) is 0 Å². The van der Waals surface area contributed by atoms with Gasteiger partial charge in [-0.15, -0.1) is 0 Å². The molecule has 0 aromatic carbocycles. The van der Waals surface area contributed by atoms with Crippen molar-refractivity contribution in [2.75, 3.05) is 13.2 Å². The molecule has 0 radical (unpaired) electrons. The standard InChI is InChI=1S/C49H94O6/c1-4-7-10-13-16-19-20-21-22-23-24-25-26-27-28-31-33-36-39-42-48(51)54-45-46(55-49(52)43-40-37-34-30-18-15-12-9-6-3)44-53-47(50)41-38-35-32-29-17-14-11-8-5-2/h46H,4-45H2,1-3H3/t46-/m0/s1. The van der Waals surface area contributed by atoms with Crippen LogP contribution in [-0.2, 0) is 28.6 Å². The van der Waals surface area contributed by atoms with Crippen LogP contribution in [0.1, 0.15) is 278 Å². The number of ether oxygens (including phenoxy) is 3. The highest BCUT2D eigenvalue weighted by molar-refractivity contribution is 5.71. The summed E-state index contributed by atoms with van der Waals surface area (Å²) in [7, 11) is 0. The highest BCUT2D eigenvalue weighted by Gasteiger charge is 2.19. The monoisotopic (exact) mass is 779 g/mol. The van der Waals surface area contributed by atoms with Gasteiger partial charge >= 0.3 is 17.9 Å². The van der Waals surface area contributed by atoms with Gasteiger partial charge in [0.2, 0.25) is 0 Å². The molecule has 0 bridgehead atoms. The fraction of sp³-hybridized carbons (Fsp3) is 0.939. The van der Waals surface area contributed by atoms with Gasteiger partial charge in [0.05, 0.1) is 0 Å². The summed E-state index contributed by atoms with van der Waals surface area (Å²) in [4.78, 5) is 37.7. The van der Waals surface area contributed by atoms with Gasteiger partial charge in [-0.1, -0.05) is 239 Å². The van der Waals surface area contributed by atoms with E-state index in [1.807, 2.05) is 0 Å². The molecule has 55 heavy (non-hydrogen) atoms. The first-order chi connectivity index (χ1) is 27.0. The first kappa shape index (κ1) is 53.4. The van der Waals surface area contributed by atoms with Gasteiger partial charge in [0.15, 0.2) is 6.10 Å². The number of carbonyl (C=O) groups excluding carboxylic acids is 3. The van der Waals surface area contributed by atoms with Crippen molar-refractivity contribution in [3.8, 4) is 0 Å². The van der Waals surface area contributed by atoms with Crippen LogP contribution in [0.3, 0.4) is 0 Å². The van der Waals surface area contributed by atoms with Crippen LogP contribution in [0, 0.1) is 0 Å². The molecule has 6 heteroatoms. The third kappa shape index (κ3) is 43.4. The molecule has 0 spiro atoms. The van der Waals surface area contributed by atoms with Gasteiger partial charge in [-0.05, 0) is 19.3 Å². The predicted molar refractivity (Wildman–Crippen MR) is 233 cm³/mol. The normalized spacial score (nSPS) is 11.8. The summed E-state index contributed by atoms with van der Waals surface area (Å²) in [6, 6.07) is 0. The van der Waals surface area contributed by atoms with Crippen LogP contribution in [0.5, 0.6) is 0 Å². The SMILES string of the molecule is CCCCCCCCCCCCCCCCCCCCCC(=O)OC[C@H](COC(=O)CCCCCCCCCCC)OC(=O)CCCCCCCCCCC. The topological polar surface area (TPSA) is 78.9 Å². The van der Waals surface area contributed by atoms with Crippen LogP contribution in [0.4, 0.5) is 0 Å². The molecule has 0 N–H and O–H groups in total. The minimum atomic E-state index is -0.757. The van der Waals surface area contributed by atoms with E-state index in [-0.39, 0.29) is 31.1 Å². The summed E-state index contributed by atoms with van der Waals surface area (Å²) in [6.45, 7) is 6.63. The second-order valence-corrected chi connectivity index (χ2v) is 16.7. The van der Waals surface area contributed by atoms with Gasteiger partial charge in [0.1, 0.15) is 13.2 Å². The van der Waals surface area contributed by atoms with Crippen molar-refractivity contribution in [3.05, 3.63) is 0 Å². The summed E-state index contributed by atoms with van der Waals surface area (Å²) in [6.07, 6.45) is 46.7. The number of carbonyl (C=O) groups is 3. The maximum Gasteiger partial charge on any atom is 0.306 e. The molecule has 0 rings (SSSR count). The molecule has 0 amide bonds. The van der Waals surface area contributed by atoms with Crippen molar-refractivity contribution in [1.29, 1.82) is 0 Å². The molecule has 0 aliphatic heterocycles. The highest BCUT2D eigenvalue weighted by atomic mass is 16.6. The predicted octanol–water partition coefficient (Wildman–Crippen LogP) is 15.6. The van der Waals surface area contributed by atoms with Crippen molar-refractivity contribution < 1.29 is 28.6 Å². The van der Waals surface area contributed by atoms with Gasteiger partial charge in [0, 0.05) is 19.3 Å². The van der Waals surface area contributed by atoms with Crippen LogP contribution >= 0.6 is 0 Å². The Bertz CT molecular complexity index is 813. The van der Waals surface area contributed by atoms with Gasteiger partial charge in [0.25, 0.3) is 0 Å². The zero-order valence-electron chi connectivity index (χ0n) is 37.2. The fourth-order valence-corrected chi connectivity index (χ4v) is 7.38. The molecule has 6 nitrogen and oxygen atoms in total. The van der Waals surface area contributed by atoms with E-state index < -0.39 is 6.10 Å². The van der Waals surface area contributed by atoms with Gasteiger partial charge in [-0.3, -0.25) is 14.4 Å². The molecular formula is C49H94O6. The second kappa shape index (κ2) is 45.1. The zero-order valence-corrected chi connectivity index (χ0v) is 37.2. The highest BCUT2D eigenvalue weighted by Crippen LogP contribution is 2.16. The molecular weight excluding hydrogens is 685 g/mol. The Morgan fingerprint density at radius 2 is 0.491 bits per heavy atom. The fourth-order valence-electron chi connectivity index (χ4n) is 7.38. The molecule has 0 saturated heterocycles. The molecule has 0 heterocycles. The Balaban J connectivity index is 4.16. The van der Waals surface area contributed by atoms with E-state index in [4.69, 9.17) is 14.2 Å². The van der Waals surface area contributed by atoms with Crippen LogP contribution in [0.2, 0.25) is 0 Å². The molecule has 0 aromatic rings. The van der Waals surface area contributed by atoms with E-state index >= 15 is 0 Å². The van der Waals surface area contributed by atoms with Crippen molar-refractivity contribution in [1.82, 2.24) is 0 Å². The lowest BCUT2D eigenvalue weighted by Crippen LogP contribution is -2.30. The zero-order chi connectivity index (χ0) is 40.1. The molecule has 0 aliphatic rings. The molecule has 0 aromatic heterocycles. The maximum absolute atomic E-state index is 12.7. The van der Waals surface area contributed by atoms with E-state index in [2.05, 4.69) is 20.8 Å². The first-order valence-corrected chi connectivity index (χ1v) is 24.5. The van der Waals surface area contributed by atoms with Gasteiger partial charge < -0.3 is 14.2 Å². The van der Waals surface area contributed by atoms with Gasteiger partial charge in [-0.25, -0.2) is 0 Å². The number of rotatable bonds is 45. The Morgan fingerprint density at radius 1 is 0.291 bits per heavy atom. The van der Waals surface area contributed by atoms with Crippen molar-refractivity contribution >= 4 is 17.9 Å². The molecule has 326 valence electrons. The minimum absolute atomic E-state index is 0.0627.